The molecule has 0 unspecified atom stereocenters. The number of rotatable bonds is 3. The van der Waals surface area contributed by atoms with Gasteiger partial charge in [-0.2, -0.15) is 0 Å². The molecular formula is C17H6Cl6N2O3S. The number of carbonyl (C=O) groups excluding carboxylic acids is 1. The predicted octanol–water partition coefficient (Wildman–Crippen LogP) is 7.34. The first-order chi connectivity index (χ1) is 13.6. The van der Waals surface area contributed by atoms with Crippen LogP contribution in [-0.4, -0.2) is 22.2 Å². The van der Waals surface area contributed by atoms with Crippen molar-refractivity contribution >= 4 is 110 Å². The molecule has 1 heterocycles. The van der Waals surface area contributed by atoms with Gasteiger partial charge in [0.1, 0.15) is 0 Å². The highest BCUT2D eigenvalue weighted by atomic mass is 35.5. The summed E-state index contributed by atoms with van der Waals surface area (Å²) in [6.07, 6.45) is 0.781. The maximum Gasteiger partial charge on any atom is 0.329 e. The van der Waals surface area contributed by atoms with E-state index in [0.29, 0.717) is 5.69 Å². The van der Waals surface area contributed by atoms with Crippen LogP contribution in [0.1, 0.15) is 0 Å². The zero-order chi connectivity index (χ0) is 21.5. The average Bonchev–Trinajstić information content (AvgIpc) is 2.91. The first kappa shape index (κ1) is 22.6. The molecule has 2 aromatic rings. The van der Waals surface area contributed by atoms with Crippen molar-refractivity contribution in [3.05, 3.63) is 65.4 Å². The molecule has 1 N–H and O–H groups in total. The molecule has 0 aliphatic carbocycles. The van der Waals surface area contributed by atoms with Gasteiger partial charge in [-0.05, 0) is 36.0 Å². The Morgan fingerprint density at radius 1 is 0.931 bits per heavy atom. The van der Waals surface area contributed by atoms with Gasteiger partial charge in [0, 0.05) is 6.08 Å². The highest BCUT2D eigenvalue weighted by molar-refractivity contribution is 8.19. The maximum absolute atomic E-state index is 12.8. The number of anilines is 1. The standard InChI is InChI=1S/C17H6Cl6N2O3S/c18-8-1-6(2-9(19)14(8)22)24-17-25(16(28)12(29-17)5-13(26)27)7-3-10(20)15(23)11(21)4-7/h1-5H,(H,26,27)/b12-5-,24-17?. The van der Waals surface area contributed by atoms with Crippen molar-refractivity contribution in [2.75, 3.05) is 4.90 Å². The fourth-order valence-electron chi connectivity index (χ4n) is 2.28. The third-order valence-electron chi connectivity index (χ3n) is 3.48. The van der Waals surface area contributed by atoms with Crippen molar-refractivity contribution in [3.8, 4) is 0 Å². The lowest BCUT2D eigenvalue weighted by Crippen LogP contribution is -2.28. The van der Waals surface area contributed by atoms with Crippen LogP contribution in [0.25, 0.3) is 0 Å². The van der Waals surface area contributed by atoms with Gasteiger partial charge in [-0.25, -0.2) is 9.79 Å². The molecule has 1 aliphatic heterocycles. The normalized spacial score (nSPS) is 16.9. The van der Waals surface area contributed by atoms with Crippen molar-refractivity contribution in [2.45, 2.75) is 0 Å². The van der Waals surface area contributed by atoms with Crippen LogP contribution in [0.4, 0.5) is 11.4 Å². The minimum atomic E-state index is -1.29. The largest absolute Gasteiger partial charge is 0.478 e. The third kappa shape index (κ3) is 4.80. The topological polar surface area (TPSA) is 70.0 Å². The van der Waals surface area contributed by atoms with E-state index in [4.69, 9.17) is 74.7 Å². The van der Waals surface area contributed by atoms with Gasteiger partial charge in [-0.1, -0.05) is 69.6 Å². The van der Waals surface area contributed by atoms with Crippen LogP contribution in [0.3, 0.4) is 0 Å². The van der Waals surface area contributed by atoms with Crippen molar-refractivity contribution in [1.82, 2.24) is 0 Å². The summed E-state index contributed by atoms with van der Waals surface area (Å²) in [6.45, 7) is 0. The first-order valence-electron chi connectivity index (χ1n) is 7.43. The van der Waals surface area contributed by atoms with E-state index < -0.39 is 11.9 Å². The maximum atomic E-state index is 12.8. The highest BCUT2D eigenvalue weighted by Crippen LogP contribution is 2.41. The SMILES string of the molecule is O=C(O)/C=C1\SC(=Nc2cc(Cl)c(Cl)c(Cl)c2)N(c2cc(Cl)c(Cl)c(Cl)c2)C1=O. The number of amides is 1. The number of hydrogen-bond acceptors (Lipinski definition) is 4. The average molecular weight is 531 g/mol. The number of halogens is 6. The lowest BCUT2D eigenvalue weighted by molar-refractivity contribution is -0.131. The molecule has 1 aliphatic rings. The van der Waals surface area contributed by atoms with E-state index in [9.17, 15) is 9.59 Å². The number of nitrogens with zero attached hydrogens (tertiary/aromatic N) is 2. The second-order valence-electron chi connectivity index (χ2n) is 5.43. The summed E-state index contributed by atoms with van der Waals surface area (Å²) in [5, 5.41) is 10.0. The Morgan fingerprint density at radius 3 is 1.90 bits per heavy atom. The Hall–Kier alpha value is -1.12. The molecule has 2 aromatic carbocycles. The van der Waals surface area contributed by atoms with Gasteiger partial charge in [0.05, 0.1) is 46.4 Å². The van der Waals surface area contributed by atoms with Gasteiger partial charge in [-0.15, -0.1) is 0 Å². The molecule has 0 radical (unpaired) electrons. The van der Waals surface area contributed by atoms with Crippen molar-refractivity contribution in [1.29, 1.82) is 0 Å². The monoisotopic (exact) mass is 528 g/mol. The summed E-state index contributed by atoms with van der Waals surface area (Å²) in [5.74, 6) is -1.91. The third-order valence-corrected chi connectivity index (χ3v) is 6.84. The van der Waals surface area contributed by atoms with E-state index >= 15 is 0 Å². The van der Waals surface area contributed by atoms with E-state index in [1.807, 2.05) is 0 Å². The van der Waals surface area contributed by atoms with Crippen LogP contribution < -0.4 is 4.90 Å². The number of thioether (sulfide) groups is 1. The zero-order valence-corrected chi connectivity index (χ0v) is 19.1. The first-order valence-corrected chi connectivity index (χ1v) is 10.5. The van der Waals surface area contributed by atoms with Crippen LogP contribution in [0.15, 0.2) is 40.2 Å². The van der Waals surface area contributed by atoms with Crippen LogP contribution in [0, 0.1) is 0 Å². The Labute approximate surface area is 198 Å². The Balaban J connectivity index is 2.17. The second kappa shape index (κ2) is 8.94. The van der Waals surface area contributed by atoms with Gasteiger partial charge in [0.25, 0.3) is 5.91 Å². The molecule has 0 spiro atoms. The van der Waals surface area contributed by atoms with Gasteiger partial charge in [-0.3, -0.25) is 9.69 Å². The Kier molecular flexibility index (Phi) is 6.95. The predicted molar refractivity (Wildman–Crippen MR) is 121 cm³/mol. The van der Waals surface area contributed by atoms with Gasteiger partial charge < -0.3 is 5.11 Å². The van der Waals surface area contributed by atoms with Crippen LogP contribution in [0.5, 0.6) is 0 Å². The summed E-state index contributed by atoms with van der Waals surface area (Å²) < 4.78 is 0. The molecular weight excluding hydrogens is 525 g/mol. The summed E-state index contributed by atoms with van der Waals surface area (Å²) in [5.41, 5.74) is 0.549. The van der Waals surface area contributed by atoms with E-state index in [1.54, 1.807) is 0 Å². The van der Waals surface area contributed by atoms with Crippen LogP contribution in [-0.2, 0) is 9.59 Å². The molecule has 5 nitrogen and oxygen atoms in total. The van der Waals surface area contributed by atoms with Gasteiger partial charge >= 0.3 is 5.97 Å². The Morgan fingerprint density at radius 2 is 1.41 bits per heavy atom. The number of aliphatic imine (C=N–C) groups is 1. The van der Waals surface area contributed by atoms with E-state index in [2.05, 4.69) is 4.99 Å². The number of amidine groups is 1. The minimum absolute atomic E-state index is 0.0652. The summed E-state index contributed by atoms with van der Waals surface area (Å²) in [7, 11) is 0. The van der Waals surface area contributed by atoms with Crippen LogP contribution in [0.2, 0.25) is 30.1 Å². The number of carbonyl (C=O) groups is 2. The molecule has 1 fully saturated rings. The molecule has 3 rings (SSSR count). The number of aliphatic carboxylic acids is 1. The summed E-state index contributed by atoms with van der Waals surface area (Å²) in [6, 6.07) is 5.73. The summed E-state index contributed by atoms with van der Waals surface area (Å²) >= 11 is 37.0. The van der Waals surface area contributed by atoms with E-state index in [-0.39, 0.29) is 45.9 Å². The molecule has 150 valence electrons. The fourth-order valence-corrected chi connectivity index (χ4v) is 4.41. The molecule has 1 saturated heterocycles. The van der Waals surface area contributed by atoms with Gasteiger partial charge in [0.15, 0.2) is 5.17 Å². The molecule has 12 heteroatoms. The molecule has 0 atom stereocenters. The fraction of sp³-hybridized carbons (Fsp3) is 0. The number of carboxylic acids is 1. The minimum Gasteiger partial charge on any atom is -0.478 e. The zero-order valence-electron chi connectivity index (χ0n) is 13.7. The molecule has 0 saturated carbocycles. The summed E-state index contributed by atoms with van der Waals surface area (Å²) in [4.78, 5) is 29.4. The Bertz CT molecular complexity index is 1070. The number of benzene rings is 2. The molecule has 0 aromatic heterocycles. The van der Waals surface area contributed by atoms with Crippen molar-refractivity contribution in [2.24, 2.45) is 4.99 Å². The smallest absolute Gasteiger partial charge is 0.329 e. The lowest BCUT2D eigenvalue weighted by Gasteiger charge is -2.17. The highest BCUT2D eigenvalue weighted by Gasteiger charge is 2.36. The number of carboxylic acid groups (broad SMARTS) is 1. The van der Waals surface area contributed by atoms with Gasteiger partial charge in [0.2, 0.25) is 0 Å². The quantitative estimate of drug-likeness (QED) is 0.333. The van der Waals surface area contributed by atoms with E-state index in [0.717, 1.165) is 22.7 Å². The molecule has 29 heavy (non-hydrogen) atoms. The number of hydrogen-bond donors (Lipinski definition) is 1. The van der Waals surface area contributed by atoms with Crippen LogP contribution >= 0.6 is 81.4 Å². The second-order valence-corrected chi connectivity index (χ2v) is 8.82. The van der Waals surface area contributed by atoms with Crippen molar-refractivity contribution < 1.29 is 14.7 Å². The molecule has 0 bridgehead atoms. The lowest BCUT2D eigenvalue weighted by atomic mass is 10.2. The van der Waals surface area contributed by atoms with E-state index in [1.165, 1.54) is 24.3 Å². The van der Waals surface area contributed by atoms with Crippen molar-refractivity contribution in [3.63, 3.8) is 0 Å². The molecule has 1 amide bonds.